The molecule has 2 aromatic carbocycles. The Hall–Kier alpha value is -1.90. The fourth-order valence-electron chi connectivity index (χ4n) is 2.99. The Morgan fingerprint density at radius 1 is 0.794 bits per heavy atom. The molecule has 0 aliphatic rings. The lowest BCUT2D eigenvalue weighted by Gasteiger charge is -2.39. The number of ketones is 1. The first kappa shape index (κ1) is 28.3. The molecule has 0 saturated heterocycles. The number of hydrogen-bond acceptors (Lipinski definition) is 4. The average Bonchev–Trinajstić information content (AvgIpc) is 2.67. The van der Waals surface area contributed by atoms with E-state index in [0.717, 1.165) is 12.3 Å². The minimum Gasteiger partial charge on any atom is -0.541 e. The van der Waals surface area contributed by atoms with Crippen LogP contribution < -0.4 is 8.85 Å². The van der Waals surface area contributed by atoms with Crippen molar-refractivity contribution >= 4 is 22.4 Å². The molecular formula is C28H45NO3Si2. The number of likely N-dealkylation sites (N-methyl/N-ethyl adjacent to an activating group) is 1. The van der Waals surface area contributed by atoms with Gasteiger partial charge in [0, 0.05) is 12.1 Å². The molecule has 34 heavy (non-hydrogen) atoms. The third-order valence-electron chi connectivity index (χ3n) is 7.32. The van der Waals surface area contributed by atoms with Gasteiger partial charge < -0.3 is 8.85 Å². The van der Waals surface area contributed by atoms with Crippen molar-refractivity contribution in [2.24, 2.45) is 0 Å². The van der Waals surface area contributed by atoms with E-state index >= 15 is 0 Å². The summed E-state index contributed by atoms with van der Waals surface area (Å²) in [6.45, 7) is 23.4. The summed E-state index contributed by atoms with van der Waals surface area (Å²) in [7, 11) is -2.22. The Morgan fingerprint density at radius 2 is 1.29 bits per heavy atom. The van der Waals surface area contributed by atoms with Gasteiger partial charge in [0.05, 0.1) is 6.54 Å². The number of benzene rings is 2. The number of carbonyl (C=O) groups is 1. The van der Waals surface area contributed by atoms with Crippen molar-refractivity contribution in [3.8, 4) is 11.5 Å². The quantitative estimate of drug-likeness (QED) is 0.261. The highest BCUT2D eigenvalue weighted by atomic mass is 28.4. The van der Waals surface area contributed by atoms with Crippen molar-refractivity contribution in [3.63, 3.8) is 0 Å². The third-order valence-corrected chi connectivity index (χ3v) is 16.0. The zero-order valence-corrected chi connectivity index (χ0v) is 25.2. The summed E-state index contributed by atoms with van der Waals surface area (Å²) in [6.07, 6.45) is 0. The largest absolute Gasteiger partial charge is 0.541 e. The van der Waals surface area contributed by atoms with Crippen LogP contribution in [0.25, 0.3) is 0 Å². The molecule has 0 aliphatic heterocycles. The average molecular weight is 500 g/mol. The van der Waals surface area contributed by atoms with Crippen molar-refractivity contribution in [2.75, 3.05) is 13.6 Å². The van der Waals surface area contributed by atoms with Crippen LogP contribution >= 0.6 is 0 Å². The van der Waals surface area contributed by atoms with Gasteiger partial charge in [-0.1, -0.05) is 71.9 Å². The predicted molar refractivity (Wildman–Crippen MR) is 149 cm³/mol. The van der Waals surface area contributed by atoms with Crippen molar-refractivity contribution in [2.45, 2.75) is 84.4 Å². The van der Waals surface area contributed by atoms with Gasteiger partial charge in [-0.25, -0.2) is 0 Å². The van der Waals surface area contributed by atoms with E-state index in [4.69, 9.17) is 8.85 Å². The maximum Gasteiger partial charge on any atom is 0.250 e. The first-order valence-electron chi connectivity index (χ1n) is 12.2. The van der Waals surface area contributed by atoms with Crippen LogP contribution in [-0.2, 0) is 6.54 Å². The Balaban J connectivity index is 2.34. The molecule has 188 valence electrons. The first-order chi connectivity index (χ1) is 15.4. The second-order valence-electron chi connectivity index (χ2n) is 12.5. The molecular weight excluding hydrogens is 454 g/mol. The number of Topliss-reactive ketones (excluding diaryl/α,β-unsaturated/α-hetero) is 1. The zero-order chi connectivity index (χ0) is 25.9. The van der Waals surface area contributed by atoms with Gasteiger partial charge in [-0.05, 0) is 67.1 Å². The molecule has 0 bridgehead atoms. The predicted octanol–water partition coefficient (Wildman–Crippen LogP) is 7.77. The summed E-state index contributed by atoms with van der Waals surface area (Å²) in [5.41, 5.74) is 1.86. The summed E-state index contributed by atoms with van der Waals surface area (Å²) < 4.78 is 13.4. The van der Waals surface area contributed by atoms with Crippen LogP contribution in [0.5, 0.6) is 11.5 Å². The minimum absolute atomic E-state index is 0.0388. The summed E-state index contributed by atoms with van der Waals surface area (Å²) in [4.78, 5) is 15.2. The lowest BCUT2D eigenvalue weighted by Crippen LogP contribution is -2.45. The second-order valence-corrected chi connectivity index (χ2v) is 21.9. The van der Waals surface area contributed by atoms with Gasteiger partial charge in [-0.2, -0.15) is 0 Å². The van der Waals surface area contributed by atoms with Crippen LogP contribution in [0, 0.1) is 0 Å². The zero-order valence-electron chi connectivity index (χ0n) is 23.2. The molecule has 0 unspecified atom stereocenters. The maximum absolute atomic E-state index is 13.2. The highest BCUT2D eigenvalue weighted by Crippen LogP contribution is 2.43. The molecule has 0 saturated carbocycles. The molecule has 2 aromatic rings. The molecule has 0 N–H and O–H groups in total. The fraction of sp³-hybridized carbons (Fsp3) is 0.536. The fourth-order valence-corrected chi connectivity index (χ4v) is 5.03. The third kappa shape index (κ3) is 7.30. The lowest BCUT2D eigenvalue weighted by molar-refractivity contribution is 0.0942. The van der Waals surface area contributed by atoms with Crippen LogP contribution in [0.2, 0.25) is 36.3 Å². The normalized spacial score (nSPS) is 13.2. The van der Waals surface area contributed by atoms with E-state index in [1.807, 2.05) is 48.3 Å². The van der Waals surface area contributed by atoms with Crippen molar-refractivity contribution in [1.29, 1.82) is 0 Å². The van der Waals surface area contributed by atoms with Gasteiger partial charge in [-0.3, -0.25) is 9.69 Å². The number of carbonyl (C=O) groups excluding carboxylic acids is 1. The Kier molecular flexibility index (Phi) is 8.65. The molecule has 0 amide bonds. The van der Waals surface area contributed by atoms with E-state index in [2.05, 4.69) is 79.9 Å². The lowest BCUT2D eigenvalue weighted by atomic mass is 10.1. The Labute approximate surface area is 209 Å². The van der Waals surface area contributed by atoms with Gasteiger partial charge in [0.1, 0.15) is 11.5 Å². The van der Waals surface area contributed by atoms with Crippen LogP contribution in [0.15, 0.2) is 48.5 Å². The molecule has 0 aliphatic carbocycles. The van der Waals surface area contributed by atoms with E-state index in [-0.39, 0.29) is 15.9 Å². The molecule has 0 radical (unpaired) electrons. The Morgan fingerprint density at radius 3 is 1.79 bits per heavy atom. The molecule has 4 nitrogen and oxygen atoms in total. The van der Waals surface area contributed by atoms with Crippen LogP contribution in [0.1, 0.15) is 57.5 Å². The summed E-state index contributed by atoms with van der Waals surface area (Å²) >= 11 is 0. The highest BCUT2D eigenvalue weighted by molar-refractivity contribution is 6.75. The Bertz CT molecular complexity index is 973. The van der Waals surface area contributed by atoms with Crippen molar-refractivity contribution in [3.05, 3.63) is 59.7 Å². The van der Waals surface area contributed by atoms with Crippen molar-refractivity contribution < 1.29 is 13.6 Å². The van der Waals surface area contributed by atoms with E-state index in [1.165, 1.54) is 5.56 Å². The summed E-state index contributed by atoms with van der Waals surface area (Å²) in [5.74, 6) is 1.54. The smallest absolute Gasteiger partial charge is 0.250 e. The second kappa shape index (κ2) is 10.4. The van der Waals surface area contributed by atoms with Crippen LogP contribution in [0.4, 0.5) is 0 Å². The van der Waals surface area contributed by atoms with Crippen molar-refractivity contribution in [1.82, 2.24) is 4.90 Å². The van der Waals surface area contributed by atoms with E-state index in [1.54, 1.807) is 0 Å². The molecule has 0 spiro atoms. The monoisotopic (exact) mass is 499 g/mol. The van der Waals surface area contributed by atoms with E-state index in [9.17, 15) is 4.79 Å². The van der Waals surface area contributed by atoms with E-state index < -0.39 is 16.6 Å². The molecule has 0 fully saturated rings. The van der Waals surface area contributed by atoms with Crippen LogP contribution in [-0.4, -0.2) is 40.9 Å². The highest BCUT2D eigenvalue weighted by Gasteiger charge is 2.42. The molecule has 0 heterocycles. The number of rotatable bonds is 9. The summed E-state index contributed by atoms with van der Waals surface area (Å²) in [6, 6.07) is 16.0. The van der Waals surface area contributed by atoms with E-state index in [0.29, 0.717) is 17.9 Å². The molecule has 0 aromatic heterocycles. The van der Waals surface area contributed by atoms with Gasteiger partial charge in [-0.15, -0.1) is 0 Å². The number of nitrogens with zero attached hydrogens (tertiary/aromatic N) is 1. The van der Waals surface area contributed by atoms with Gasteiger partial charge in [0.2, 0.25) is 0 Å². The molecule has 2 rings (SSSR count). The molecule has 0 atom stereocenters. The van der Waals surface area contributed by atoms with Gasteiger partial charge in [0.15, 0.2) is 5.78 Å². The SMILES string of the molecule is CN(CC(=O)c1ccc(O[Si](C)(C)C(C)(C)C)c(O[Si](C)(C)C(C)(C)C)c1)Cc1ccccc1. The number of hydrogen-bond donors (Lipinski definition) is 0. The summed E-state index contributed by atoms with van der Waals surface area (Å²) in [5, 5.41) is 0.104. The first-order valence-corrected chi connectivity index (χ1v) is 18.0. The molecule has 6 heteroatoms. The standard InChI is InChI=1S/C28H45NO3Si2/c1-27(2,3)33(8,9)31-25-18-17-23(19-26(25)32-34(10,11)28(4,5)6)24(30)21-29(7)20-22-15-13-12-14-16-22/h12-19H,20-21H2,1-11H3. The van der Waals surface area contributed by atoms with Gasteiger partial charge >= 0.3 is 0 Å². The maximum atomic E-state index is 13.2. The van der Waals surface area contributed by atoms with Gasteiger partial charge in [0.25, 0.3) is 16.6 Å². The topological polar surface area (TPSA) is 38.8 Å². The minimum atomic E-state index is -2.13. The van der Waals surface area contributed by atoms with Crippen LogP contribution in [0.3, 0.4) is 0 Å².